The van der Waals surface area contributed by atoms with Gasteiger partial charge < -0.3 is 15.2 Å². The van der Waals surface area contributed by atoms with E-state index < -0.39 is 10.0 Å². The zero-order valence-corrected chi connectivity index (χ0v) is 13.2. The van der Waals surface area contributed by atoms with E-state index in [-0.39, 0.29) is 5.92 Å². The van der Waals surface area contributed by atoms with Gasteiger partial charge in [0.05, 0.1) is 20.0 Å². The van der Waals surface area contributed by atoms with Crippen molar-refractivity contribution >= 4 is 15.7 Å². The number of piperidine rings is 1. The molecule has 1 fully saturated rings. The standard InChI is InChI=1S/C14H22N2O4S/c1-19-14-8-12(15)5-6-13(14)20-10-11-4-3-7-16(9-11)21(2,17)18/h5-6,8,11H,3-4,7,9-10,15H2,1-2H3. The van der Waals surface area contributed by atoms with Crippen molar-refractivity contribution in [1.29, 1.82) is 0 Å². The number of anilines is 1. The van der Waals surface area contributed by atoms with Crippen LogP contribution in [-0.2, 0) is 10.0 Å². The number of rotatable bonds is 5. The van der Waals surface area contributed by atoms with Crippen LogP contribution in [-0.4, -0.2) is 45.8 Å². The Morgan fingerprint density at radius 1 is 1.38 bits per heavy atom. The molecule has 1 aromatic rings. The van der Waals surface area contributed by atoms with Gasteiger partial charge in [-0.15, -0.1) is 0 Å². The van der Waals surface area contributed by atoms with E-state index in [0.29, 0.717) is 36.9 Å². The molecule has 1 aliphatic heterocycles. The smallest absolute Gasteiger partial charge is 0.211 e. The van der Waals surface area contributed by atoms with Gasteiger partial charge in [0.25, 0.3) is 0 Å². The predicted octanol–water partition coefficient (Wildman–Crippen LogP) is 1.33. The van der Waals surface area contributed by atoms with Crippen molar-refractivity contribution in [2.24, 2.45) is 5.92 Å². The van der Waals surface area contributed by atoms with Gasteiger partial charge in [-0.05, 0) is 25.0 Å². The molecule has 1 atom stereocenters. The normalized spacial score (nSPS) is 20.2. The summed E-state index contributed by atoms with van der Waals surface area (Å²) >= 11 is 0. The first-order valence-electron chi connectivity index (χ1n) is 6.91. The van der Waals surface area contributed by atoms with E-state index in [1.807, 2.05) is 0 Å². The van der Waals surface area contributed by atoms with Crippen LogP contribution in [0.4, 0.5) is 5.69 Å². The first-order valence-corrected chi connectivity index (χ1v) is 8.76. The topological polar surface area (TPSA) is 81.9 Å². The lowest BCUT2D eigenvalue weighted by molar-refractivity contribution is 0.177. The quantitative estimate of drug-likeness (QED) is 0.829. The van der Waals surface area contributed by atoms with Crippen LogP contribution in [0.15, 0.2) is 18.2 Å². The third-order valence-corrected chi connectivity index (χ3v) is 4.88. The lowest BCUT2D eigenvalue weighted by Gasteiger charge is -2.30. The molecule has 6 nitrogen and oxygen atoms in total. The summed E-state index contributed by atoms with van der Waals surface area (Å²) in [5, 5.41) is 0. The molecular weight excluding hydrogens is 292 g/mol. The van der Waals surface area contributed by atoms with Crippen LogP contribution in [0, 0.1) is 5.92 Å². The van der Waals surface area contributed by atoms with Crippen LogP contribution in [0.1, 0.15) is 12.8 Å². The first kappa shape index (κ1) is 15.9. The highest BCUT2D eigenvalue weighted by atomic mass is 32.2. The van der Waals surface area contributed by atoms with Crippen molar-refractivity contribution in [2.75, 3.05) is 38.8 Å². The largest absolute Gasteiger partial charge is 0.493 e. The second-order valence-corrected chi connectivity index (χ2v) is 7.33. The molecule has 2 rings (SSSR count). The third kappa shape index (κ3) is 4.25. The Hall–Kier alpha value is -1.47. The summed E-state index contributed by atoms with van der Waals surface area (Å²) in [5.74, 6) is 1.41. The van der Waals surface area contributed by atoms with E-state index in [4.69, 9.17) is 15.2 Å². The Bertz CT molecular complexity index is 589. The molecule has 0 aromatic heterocycles. The van der Waals surface area contributed by atoms with E-state index in [0.717, 1.165) is 12.8 Å². The number of benzene rings is 1. The second-order valence-electron chi connectivity index (χ2n) is 5.35. The van der Waals surface area contributed by atoms with Crippen LogP contribution in [0.5, 0.6) is 11.5 Å². The minimum atomic E-state index is -3.12. The summed E-state index contributed by atoms with van der Waals surface area (Å²) in [7, 11) is -1.56. The summed E-state index contributed by atoms with van der Waals surface area (Å²) in [6.07, 6.45) is 3.07. The van der Waals surface area contributed by atoms with Crippen molar-refractivity contribution in [3.8, 4) is 11.5 Å². The molecule has 1 aromatic carbocycles. The Morgan fingerprint density at radius 2 is 2.14 bits per heavy atom. The summed E-state index contributed by atoms with van der Waals surface area (Å²) in [6, 6.07) is 5.23. The van der Waals surface area contributed by atoms with Crippen LogP contribution < -0.4 is 15.2 Å². The zero-order valence-electron chi connectivity index (χ0n) is 12.4. The SMILES string of the molecule is COc1cc(N)ccc1OCC1CCCN(S(C)(=O)=O)C1. The van der Waals surface area contributed by atoms with Crippen molar-refractivity contribution in [2.45, 2.75) is 12.8 Å². The number of methoxy groups -OCH3 is 1. The molecule has 0 amide bonds. The number of nitrogens with zero attached hydrogens (tertiary/aromatic N) is 1. The Kier molecular flexibility index (Phi) is 4.95. The number of hydrogen-bond acceptors (Lipinski definition) is 5. The highest BCUT2D eigenvalue weighted by molar-refractivity contribution is 7.88. The number of sulfonamides is 1. The lowest BCUT2D eigenvalue weighted by atomic mass is 10.0. The fourth-order valence-corrected chi connectivity index (χ4v) is 3.42. The number of nitrogen functional groups attached to an aromatic ring is 1. The first-order chi connectivity index (χ1) is 9.90. The molecule has 0 bridgehead atoms. The van der Waals surface area contributed by atoms with E-state index in [9.17, 15) is 8.42 Å². The Balaban J connectivity index is 1.97. The molecule has 1 saturated heterocycles. The average Bonchev–Trinajstić information content (AvgIpc) is 2.45. The van der Waals surface area contributed by atoms with Gasteiger partial charge in [-0.2, -0.15) is 0 Å². The fraction of sp³-hybridized carbons (Fsp3) is 0.571. The van der Waals surface area contributed by atoms with Crippen molar-refractivity contribution < 1.29 is 17.9 Å². The van der Waals surface area contributed by atoms with Gasteiger partial charge >= 0.3 is 0 Å². The molecular formula is C14H22N2O4S. The second kappa shape index (κ2) is 6.53. The average molecular weight is 314 g/mol. The summed E-state index contributed by atoms with van der Waals surface area (Å²) in [4.78, 5) is 0. The molecule has 21 heavy (non-hydrogen) atoms. The minimum Gasteiger partial charge on any atom is -0.493 e. The van der Waals surface area contributed by atoms with Gasteiger partial charge in [-0.25, -0.2) is 12.7 Å². The molecule has 7 heteroatoms. The third-order valence-electron chi connectivity index (χ3n) is 3.61. The molecule has 0 saturated carbocycles. The van der Waals surface area contributed by atoms with Gasteiger partial charge in [-0.1, -0.05) is 0 Å². The van der Waals surface area contributed by atoms with E-state index in [2.05, 4.69) is 0 Å². The predicted molar refractivity (Wildman–Crippen MR) is 82.0 cm³/mol. The van der Waals surface area contributed by atoms with E-state index >= 15 is 0 Å². The number of nitrogens with two attached hydrogens (primary N) is 1. The summed E-state index contributed by atoms with van der Waals surface area (Å²) < 4.78 is 35.7. The zero-order chi connectivity index (χ0) is 15.5. The molecule has 0 radical (unpaired) electrons. The highest BCUT2D eigenvalue weighted by Crippen LogP contribution is 2.30. The Morgan fingerprint density at radius 3 is 2.81 bits per heavy atom. The maximum Gasteiger partial charge on any atom is 0.211 e. The van der Waals surface area contributed by atoms with Crippen LogP contribution in [0.3, 0.4) is 0 Å². The Labute approximate surface area is 125 Å². The number of hydrogen-bond donors (Lipinski definition) is 1. The van der Waals surface area contributed by atoms with Crippen molar-refractivity contribution in [3.05, 3.63) is 18.2 Å². The summed E-state index contributed by atoms with van der Waals surface area (Å²) in [6.45, 7) is 1.57. The van der Waals surface area contributed by atoms with Gasteiger partial charge in [-0.3, -0.25) is 0 Å². The minimum absolute atomic E-state index is 0.190. The number of ether oxygens (including phenoxy) is 2. The van der Waals surface area contributed by atoms with E-state index in [1.165, 1.54) is 10.6 Å². The van der Waals surface area contributed by atoms with Crippen molar-refractivity contribution in [3.63, 3.8) is 0 Å². The molecule has 1 heterocycles. The van der Waals surface area contributed by atoms with Crippen LogP contribution >= 0.6 is 0 Å². The van der Waals surface area contributed by atoms with Gasteiger partial charge in [0, 0.05) is 30.8 Å². The molecule has 118 valence electrons. The maximum absolute atomic E-state index is 11.6. The van der Waals surface area contributed by atoms with Crippen LogP contribution in [0.25, 0.3) is 0 Å². The molecule has 2 N–H and O–H groups in total. The lowest BCUT2D eigenvalue weighted by Crippen LogP contribution is -2.40. The molecule has 0 aliphatic carbocycles. The fourth-order valence-electron chi connectivity index (χ4n) is 2.48. The van der Waals surface area contributed by atoms with Gasteiger partial charge in [0.2, 0.25) is 10.0 Å². The highest BCUT2D eigenvalue weighted by Gasteiger charge is 2.26. The summed E-state index contributed by atoms with van der Waals surface area (Å²) in [5.41, 5.74) is 6.31. The van der Waals surface area contributed by atoms with E-state index in [1.54, 1.807) is 25.3 Å². The van der Waals surface area contributed by atoms with Crippen molar-refractivity contribution in [1.82, 2.24) is 4.31 Å². The maximum atomic E-state index is 11.6. The van der Waals surface area contributed by atoms with Crippen LogP contribution in [0.2, 0.25) is 0 Å². The molecule has 0 spiro atoms. The molecule has 1 unspecified atom stereocenters. The van der Waals surface area contributed by atoms with Gasteiger partial charge in [0.1, 0.15) is 0 Å². The molecule has 1 aliphatic rings. The van der Waals surface area contributed by atoms with Gasteiger partial charge in [0.15, 0.2) is 11.5 Å². The monoisotopic (exact) mass is 314 g/mol.